The SMILES string of the molecule is NC(=O)c1cn(Cc2ccccc2F)nn1. The predicted molar refractivity (Wildman–Crippen MR) is 54.0 cm³/mol. The van der Waals surface area contributed by atoms with Crippen molar-refractivity contribution in [3.63, 3.8) is 0 Å². The predicted octanol–water partition coefficient (Wildman–Crippen LogP) is 0.564. The molecule has 0 aliphatic carbocycles. The Morgan fingerprint density at radius 2 is 2.19 bits per heavy atom. The van der Waals surface area contributed by atoms with Gasteiger partial charge in [-0.1, -0.05) is 23.4 Å². The van der Waals surface area contributed by atoms with Gasteiger partial charge in [-0.3, -0.25) is 4.79 Å². The van der Waals surface area contributed by atoms with Crippen molar-refractivity contribution in [2.45, 2.75) is 6.54 Å². The molecule has 16 heavy (non-hydrogen) atoms. The van der Waals surface area contributed by atoms with E-state index >= 15 is 0 Å². The van der Waals surface area contributed by atoms with E-state index in [1.54, 1.807) is 18.2 Å². The van der Waals surface area contributed by atoms with Gasteiger partial charge in [0.05, 0.1) is 12.7 Å². The molecule has 82 valence electrons. The van der Waals surface area contributed by atoms with Gasteiger partial charge in [0, 0.05) is 5.56 Å². The van der Waals surface area contributed by atoms with E-state index in [9.17, 15) is 9.18 Å². The van der Waals surface area contributed by atoms with Gasteiger partial charge in [-0.25, -0.2) is 9.07 Å². The van der Waals surface area contributed by atoms with E-state index in [0.717, 1.165) is 0 Å². The summed E-state index contributed by atoms with van der Waals surface area (Å²) in [6, 6.07) is 6.33. The van der Waals surface area contributed by atoms with Crippen molar-refractivity contribution in [2.75, 3.05) is 0 Å². The first-order valence-electron chi connectivity index (χ1n) is 4.60. The van der Waals surface area contributed by atoms with Gasteiger partial charge in [0.2, 0.25) is 0 Å². The number of hydrogen-bond acceptors (Lipinski definition) is 3. The van der Waals surface area contributed by atoms with Crippen LogP contribution in [-0.2, 0) is 6.54 Å². The Balaban J connectivity index is 2.21. The van der Waals surface area contributed by atoms with Crippen LogP contribution < -0.4 is 5.73 Å². The summed E-state index contributed by atoms with van der Waals surface area (Å²) in [4.78, 5) is 10.8. The first-order valence-corrected chi connectivity index (χ1v) is 4.60. The molecule has 0 fully saturated rings. The van der Waals surface area contributed by atoms with Gasteiger partial charge in [0.25, 0.3) is 5.91 Å². The smallest absolute Gasteiger partial charge is 0.270 e. The summed E-state index contributed by atoms with van der Waals surface area (Å²) >= 11 is 0. The van der Waals surface area contributed by atoms with Crippen LogP contribution in [0.5, 0.6) is 0 Å². The molecular weight excluding hydrogens is 211 g/mol. The number of primary amides is 1. The topological polar surface area (TPSA) is 73.8 Å². The highest BCUT2D eigenvalue weighted by molar-refractivity contribution is 5.90. The zero-order valence-electron chi connectivity index (χ0n) is 8.30. The van der Waals surface area contributed by atoms with Crippen molar-refractivity contribution in [1.82, 2.24) is 15.0 Å². The largest absolute Gasteiger partial charge is 0.364 e. The van der Waals surface area contributed by atoms with E-state index in [1.807, 2.05) is 0 Å². The van der Waals surface area contributed by atoms with Crippen molar-refractivity contribution in [1.29, 1.82) is 0 Å². The lowest BCUT2D eigenvalue weighted by Gasteiger charge is -2.01. The van der Waals surface area contributed by atoms with Crippen LogP contribution >= 0.6 is 0 Å². The molecule has 2 aromatic rings. The molecule has 0 radical (unpaired) electrons. The summed E-state index contributed by atoms with van der Waals surface area (Å²) in [7, 11) is 0. The number of amides is 1. The molecule has 0 saturated carbocycles. The summed E-state index contributed by atoms with van der Waals surface area (Å²) in [6.45, 7) is 0.215. The van der Waals surface area contributed by atoms with Crippen LogP contribution in [0.1, 0.15) is 16.1 Å². The van der Waals surface area contributed by atoms with Gasteiger partial charge in [-0.15, -0.1) is 5.10 Å². The van der Waals surface area contributed by atoms with Gasteiger partial charge in [0.1, 0.15) is 5.82 Å². The molecule has 0 aliphatic rings. The molecule has 0 unspecified atom stereocenters. The highest BCUT2D eigenvalue weighted by atomic mass is 19.1. The molecule has 2 rings (SSSR count). The molecule has 1 aromatic carbocycles. The van der Waals surface area contributed by atoms with E-state index in [0.29, 0.717) is 5.56 Å². The summed E-state index contributed by atoms with van der Waals surface area (Å²) < 4.78 is 14.6. The van der Waals surface area contributed by atoms with Crippen LogP contribution in [0.4, 0.5) is 4.39 Å². The molecule has 5 nitrogen and oxygen atoms in total. The number of benzene rings is 1. The van der Waals surface area contributed by atoms with E-state index < -0.39 is 5.91 Å². The van der Waals surface area contributed by atoms with Crippen LogP contribution in [0.3, 0.4) is 0 Å². The number of hydrogen-bond donors (Lipinski definition) is 1. The second-order valence-electron chi connectivity index (χ2n) is 3.26. The van der Waals surface area contributed by atoms with Gasteiger partial charge in [0.15, 0.2) is 5.69 Å². The summed E-state index contributed by atoms with van der Waals surface area (Å²) in [5.74, 6) is -0.974. The Labute approximate surface area is 90.7 Å². The minimum atomic E-state index is -0.653. The molecule has 0 aliphatic heterocycles. The fourth-order valence-electron chi connectivity index (χ4n) is 1.29. The van der Waals surface area contributed by atoms with Crippen LogP contribution in [0, 0.1) is 5.82 Å². The second kappa shape index (κ2) is 4.09. The molecule has 6 heteroatoms. The van der Waals surface area contributed by atoms with E-state index in [2.05, 4.69) is 10.3 Å². The van der Waals surface area contributed by atoms with Crippen molar-refractivity contribution in [3.05, 3.63) is 47.5 Å². The molecule has 1 heterocycles. The Kier molecular flexibility index (Phi) is 2.63. The highest BCUT2D eigenvalue weighted by Gasteiger charge is 2.07. The van der Waals surface area contributed by atoms with Gasteiger partial charge in [-0.05, 0) is 6.07 Å². The van der Waals surface area contributed by atoms with Crippen LogP contribution in [0.25, 0.3) is 0 Å². The number of rotatable bonds is 3. The molecule has 1 aromatic heterocycles. The van der Waals surface area contributed by atoms with Crippen molar-refractivity contribution >= 4 is 5.91 Å². The average molecular weight is 220 g/mol. The minimum absolute atomic E-state index is 0.0661. The van der Waals surface area contributed by atoms with E-state index in [4.69, 9.17) is 5.73 Å². The monoisotopic (exact) mass is 220 g/mol. The molecule has 0 atom stereocenters. The number of nitrogens with zero attached hydrogens (tertiary/aromatic N) is 3. The quantitative estimate of drug-likeness (QED) is 0.821. The van der Waals surface area contributed by atoms with E-state index in [1.165, 1.54) is 16.9 Å². The number of nitrogens with two attached hydrogens (primary N) is 1. The molecule has 2 N–H and O–H groups in total. The van der Waals surface area contributed by atoms with Gasteiger partial charge < -0.3 is 5.73 Å². The van der Waals surface area contributed by atoms with Gasteiger partial charge >= 0.3 is 0 Å². The number of aromatic nitrogens is 3. The first-order chi connectivity index (χ1) is 7.66. The highest BCUT2D eigenvalue weighted by Crippen LogP contribution is 2.07. The normalized spacial score (nSPS) is 10.3. The van der Waals surface area contributed by atoms with Crippen molar-refractivity contribution in [2.24, 2.45) is 5.73 Å². The summed E-state index contributed by atoms with van der Waals surface area (Å²) in [5.41, 5.74) is 5.56. The number of carbonyl (C=O) groups is 1. The van der Waals surface area contributed by atoms with Crippen LogP contribution in [0.2, 0.25) is 0 Å². The third-order valence-electron chi connectivity index (χ3n) is 2.08. The zero-order chi connectivity index (χ0) is 11.5. The Bertz CT molecular complexity index is 523. The van der Waals surface area contributed by atoms with Crippen molar-refractivity contribution < 1.29 is 9.18 Å². The summed E-state index contributed by atoms with van der Waals surface area (Å²) in [5, 5.41) is 7.23. The lowest BCUT2D eigenvalue weighted by Crippen LogP contribution is -2.11. The molecule has 1 amide bonds. The Morgan fingerprint density at radius 1 is 1.44 bits per heavy atom. The standard InChI is InChI=1S/C10H9FN4O/c11-8-4-2-1-3-7(8)5-15-6-9(10(12)16)13-14-15/h1-4,6H,5H2,(H2,12,16). The van der Waals surface area contributed by atoms with Crippen LogP contribution in [0.15, 0.2) is 30.5 Å². The maximum Gasteiger partial charge on any atom is 0.270 e. The Morgan fingerprint density at radius 3 is 2.81 bits per heavy atom. The number of halogens is 1. The fraction of sp³-hybridized carbons (Fsp3) is 0.100. The number of carbonyl (C=O) groups excluding carboxylic acids is 1. The third kappa shape index (κ3) is 2.05. The van der Waals surface area contributed by atoms with E-state index in [-0.39, 0.29) is 18.1 Å². The second-order valence-corrected chi connectivity index (χ2v) is 3.26. The Hall–Kier alpha value is -2.24. The lowest BCUT2D eigenvalue weighted by molar-refractivity contribution is 0.0995. The van der Waals surface area contributed by atoms with Gasteiger partial charge in [-0.2, -0.15) is 0 Å². The van der Waals surface area contributed by atoms with Crippen molar-refractivity contribution in [3.8, 4) is 0 Å². The maximum atomic E-state index is 13.3. The molecule has 0 spiro atoms. The molecular formula is C10H9FN4O. The summed E-state index contributed by atoms with van der Waals surface area (Å²) in [6.07, 6.45) is 1.38. The third-order valence-corrected chi connectivity index (χ3v) is 2.08. The average Bonchev–Trinajstić information content (AvgIpc) is 2.70. The fourth-order valence-corrected chi connectivity index (χ4v) is 1.29. The molecule has 0 saturated heterocycles. The van der Waals surface area contributed by atoms with Crippen LogP contribution in [-0.4, -0.2) is 20.9 Å². The minimum Gasteiger partial charge on any atom is -0.364 e. The molecule has 0 bridgehead atoms. The zero-order valence-corrected chi connectivity index (χ0v) is 8.30. The first kappa shape index (κ1) is 10.3. The lowest BCUT2D eigenvalue weighted by atomic mass is 10.2. The maximum absolute atomic E-state index is 13.3.